The van der Waals surface area contributed by atoms with Crippen LogP contribution in [-0.2, 0) is 16.4 Å². The molecule has 0 fully saturated rings. The number of benzene rings is 2. The molecule has 0 aliphatic carbocycles. The summed E-state index contributed by atoms with van der Waals surface area (Å²) in [5.41, 5.74) is 2.13. The Balaban J connectivity index is 2.11. The maximum atomic E-state index is 11.6. The summed E-state index contributed by atoms with van der Waals surface area (Å²) in [6, 6.07) is 15.9. The molecule has 1 heterocycles. The van der Waals surface area contributed by atoms with Crippen LogP contribution in [0.5, 0.6) is 0 Å². The smallest absolute Gasteiger partial charge is 0.221 e. The van der Waals surface area contributed by atoms with Crippen molar-refractivity contribution < 1.29 is 17.9 Å². The molecule has 0 saturated heterocycles. The third kappa shape index (κ3) is 3.18. The van der Waals surface area contributed by atoms with E-state index in [1.807, 2.05) is 30.3 Å². The van der Waals surface area contributed by atoms with E-state index in [4.69, 9.17) is 4.42 Å². The van der Waals surface area contributed by atoms with E-state index in [9.17, 15) is 13.5 Å². The van der Waals surface area contributed by atoms with Crippen molar-refractivity contribution in [1.29, 1.82) is 0 Å². The van der Waals surface area contributed by atoms with Gasteiger partial charge in [-0.05, 0) is 12.1 Å². The number of oxazole rings is 1. The minimum atomic E-state index is -3.25. The van der Waals surface area contributed by atoms with E-state index in [2.05, 4.69) is 4.98 Å². The summed E-state index contributed by atoms with van der Waals surface area (Å²) in [5, 5.41) is 9.28. The van der Waals surface area contributed by atoms with Crippen LogP contribution in [0.4, 0.5) is 0 Å². The number of nitrogens with zero attached hydrogens (tertiary/aromatic N) is 1. The van der Waals surface area contributed by atoms with Gasteiger partial charge in [-0.1, -0.05) is 42.5 Å². The van der Waals surface area contributed by atoms with Gasteiger partial charge in [0.25, 0.3) is 0 Å². The maximum Gasteiger partial charge on any atom is 0.221 e. The topological polar surface area (TPSA) is 80.4 Å². The van der Waals surface area contributed by atoms with Crippen LogP contribution >= 0.6 is 0 Å². The molecule has 0 radical (unpaired) electrons. The number of hydrogen-bond acceptors (Lipinski definition) is 5. The average molecular weight is 329 g/mol. The molecular formula is C17H15NO4S. The lowest BCUT2D eigenvalue weighted by atomic mass is 10.1. The van der Waals surface area contributed by atoms with Crippen molar-refractivity contribution in [2.45, 2.75) is 11.5 Å². The summed E-state index contributed by atoms with van der Waals surface area (Å²) in [6.45, 7) is -0.304. The first kappa shape index (κ1) is 15.5. The van der Waals surface area contributed by atoms with E-state index in [-0.39, 0.29) is 17.4 Å². The molecule has 118 valence electrons. The van der Waals surface area contributed by atoms with Crippen molar-refractivity contribution in [2.24, 2.45) is 0 Å². The quantitative estimate of drug-likeness (QED) is 0.796. The fourth-order valence-electron chi connectivity index (χ4n) is 2.27. The minimum Gasteiger partial charge on any atom is -0.437 e. The Kier molecular flexibility index (Phi) is 4.02. The van der Waals surface area contributed by atoms with Gasteiger partial charge in [0.15, 0.2) is 15.6 Å². The molecule has 0 spiro atoms. The van der Waals surface area contributed by atoms with Gasteiger partial charge in [-0.15, -0.1) is 0 Å². The molecule has 0 aliphatic heterocycles. The molecule has 0 unspecified atom stereocenters. The van der Waals surface area contributed by atoms with Gasteiger partial charge < -0.3 is 9.52 Å². The fraction of sp³-hybridized carbons (Fsp3) is 0.118. The Morgan fingerprint density at radius 2 is 1.65 bits per heavy atom. The van der Waals surface area contributed by atoms with Crippen molar-refractivity contribution in [1.82, 2.24) is 4.98 Å². The van der Waals surface area contributed by atoms with Crippen LogP contribution in [-0.4, -0.2) is 24.8 Å². The second-order valence-electron chi connectivity index (χ2n) is 5.11. The number of sulfone groups is 1. The zero-order valence-electron chi connectivity index (χ0n) is 12.4. The van der Waals surface area contributed by atoms with Gasteiger partial charge in [-0.2, -0.15) is 0 Å². The predicted molar refractivity (Wildman–Crippen MR) is 86.4 cm³/mol. The Labute approximate surface area is 134 Å². The van der Waals surface area contributed by atoms with Gasteiger partial charge in [0.2, 0.25) is 5.89 Å². The molecule has 0 bridgehead atoms. The Morgan fingerprint density at radius 3 is 2.22 bits per heavy atom. The third-order valence-electron chi connectivity index (χ3n) is 3.40. The minimum absolute atomic E-state index is 0.214. The number of hydrogen-bond donors (Lipinski definition) is 1. The molecule has 0 atom stereocenters. The van der Waals surface area contributed by atoms with Gasteiger partial charge in [0.05, 0.1) is 4.90 Å². The lowest BCUT2D eigenvalue weighted by Gasteiger charge is -2.03. The summed E-state index contributed by atoms with van der Waals surface area (Å²) in [4.78, 5) is 4.54. The van der Waals surface area contributed by atoms with Gasteiger partial charge >= 0.3 is 0 Å². The first-order chi connectivity index (χ1) is 11.0. The summed E-state index contributed by atoms with van der Waals surface area (Å²) < 4.78 is 28.7. The highest BCUT2D eigenvalue weighted by Gasteiger charge is 2.17. The van der Waals surface area contributed by atoms with Gasteiger partial charge in [0, 0.05) is 17.4 Å². The molecule has 0 aliphatic rings. The van der Waals surface area contributed by atoms with Crippen LogP contribution in [0.2, 0.25) is 0 Å². The van der Waals surface area contributed by atoms with Crippen LogP contribution in [0.25, 0.3) is 22.6 Å². The van der Waals surface area contributed by atoms with Crippen molar-refractivity contribution >= 4 is 9.84 Å². The van der Waals surface area contributed by atoms with Crippen molar-refractivity contribution in [2.75, 3.05) is 6.26 Å². The average Bonchev–Trinajstić information content (AvgIpc) is 2.99. The van der Waals surface area contributed by atoms with E-state index in [1.165, 1.54) is 12.1 Å². The maximum absolute atomic E-state index is 11.6. The highest BCUT2D eigenvalue weighted by Crippen LogP contribution is 2.33. The Hall–Kier alpha value is -2.44. The van der Waals surface area contributed by atoms with E-state index >= 15 is 0 Å². The predicted octanol–water partition coefficient (Wildman–Crippen LogP) is 2.90. The zero-order chi connectivity index (χ0) is 16.4. The zero-order valence-corrected chi connectivity index (χ0v) is 13.2. The molecule has 0 amide bonds. The number of aliphatic hydroxyl groups is 1. The summed E-state index contributed by atoms with van der Waals surface area (Å²) in [7, 11) is -3.25. The first-order valence-corrected chi connectivity index (χ1v) is 8.84. The molecule has 2 aromatic carbocycles. The molecule has 5 nitrogen and oxygen atoms in total. The van der Waals surface area contributed by atoms with E-state index in [0.717, 1.165) is 17.4 Å². The van der Waals surface area contributed by atoms with Crippen LogP contribution in [0.1, 0.15) is 5.89 Å². The van der Waals surface area contributed by atoms with Gasteiger partial charge in [-0.25, -0.2) is 13.4 Å². The first-order valence-electron chi connectivity index (χ1n) is 6.95. The molecule has 1 N–H and O–H groups in total. The third-order valence-corrected chi connectivity index (χ3v) is 4.53. The largest absolute Gasteiger partial charge is 0.437 e. The van der Waals surface area contributed by atoms with Crippen LogP contribution < -0.4 is 0 Å². The van der Waals surface area contributed by atoms with Gasteiger partial charge in [-0.3, -0.25) is 0 Å². The molecule has 23 heavy (non-hydrogen) atoms. The lowest BCUT2D eigenvalue weighted by molar-refractivity contribution is 0.241. The Morgan fingerprint density at radius 1 is 1.00 bits per heavy atom. The molecular weight excluding hydrogens is 314 g/mol. The lowest BCUT2D eigenvalue weighted by Crippen LogP contribution is -1.96. The molecule has 3 rings (SSSR count). The monoisotopic (exact) mass is 329 g/mol. The van der Waals surface area contributed by atoms with Crippen LogP contribution in [0.3, 0.4) is 0 Å². The standard InChI is InChI=1S/C17H15NO4S/c1-23(20,21)14-9-7-12(8-10-14)16-17(22-15(11-19)18-16)13-5-3-2-4-6-13/h2-10,19H,11H2,1H3. The van der Waals surface area contributed by atoms with Crippen molar-refractivity contribution in [3.05, 3.63) is 60.5 Å². The number of aliphatic hydroxyl groups excluding tert-OH is 1. The summed E-state index contributed by atoms with van der Waals surface area (Å²) in [6.07, 6.45) is 1.16. The molecule has 6 heteroatoms. The number of rotatable bonds is 4. The van der Waals surface area contributed by atoms with E-state index in [0.29, 0.717) is 11.5 Å². The van der Waals surface area contributed by atoms with Crippen molar-refractivity contribution in [3.8, 4) is 22.6 Å². The normalized spacial score (nSPS) is 11.6. The second kappa shape index (κ2) is 5.98. The second-order valence-corrected chi connectivity index (χ2v) is 7.12. The summed E-state index contributed by atoms with van der Waals surface area (Å²) >= 11 is 0. The highest BCUT2D eigenvalue weighted by atomic mass is 32.2. The fourth-order valence-corrected chi connectivity index (χ4v) is 2.90. The summed E-state index contributed by atoms with van der Waals surface area (Å²) in [5.74, 6) is 0.757. The Bertz CT molecular complexity index is 913. The highest BCUT2D eigenvalue weighted by molar-refractivity contribution is 7.90. The molecule has 3 aromatic rings. The van der Waals surface area contributed by atoms with Crippen LogP contribution in [0.15, 0.2) is 63.9 Å². The van der Waals surface area contributed by atoms with E-state index < -0.39 is 9.84 Å². The van der Waals surface area contributed by atoms with Gasteiger partial charge in [0.1, 0.15) is 12.3 Å². The van der Waals surface area contributed by atoms with Crippen molar-refractivity contribution in [3.63, 3.8) is 0 Å². The number of aromatic nitrogens is 1. The molecule has 1 aromatic heterocycles. The van der Waals surface area contributed by atoms with Crippen LogP contribution in [0, 0.1) is 0 Å². The molecule has 0 saturated carbocycles. The van der Waals surface area contributed by atoms with E-state index in [1.54, 1.807) is 12.1 Å². The SMILES string of the molecule is CS(=O)(=O)c1ccc(-c2nc(CO)oc2-c2ccccc2)cc1.